The molecule has 12 nitrogen and oxygen atoms in total. The fraction of sp³-hybridized carbons (Fsp3) is 0.419. The molecule has 0 saturated heterocycles. The second kappa shape index (κ2) is 15.4. The van der Waals surface area contributed by atoms with Crippen molar-refractivity contribution in [3.05, 3.63) is 70.3 Å². The number of hydrogen-bond acceptors (Lipinski definition) is 10. The van der Waals surface area contributed by atoms with Crippen LogP contribution in [0.5, 0.6) is 5.75 Å². The van der Waals surface area contributed by atoms with Gasteiger partial charge in [0.25, 0.3) is 0 Å². The van der Waals surface area contributed by atoms with Gasteiger partial charge in [-0.1, -0.05) is 6.92 Å². The summed E-state index contributed by atoms with van der Waals surface area (Å²) in [6.45, 7) is 1.44. The van der Waals surface area contributed by atoms with E-state index in [0.717, 1.165) is 17.0 Å². The minimum Gasteiger partial charge on any atom is -0.488 e. The maximum Gasteiger partial charge on any atom is 0.433 e. The van der Waals surface area contributed by atoms with Gasteiger partial charge in [0.15, 0.2) is 5.75 Å². The molecular weight excluding hydrogens is 666 g/mol. The van der Waals surface area contributed by atoms with E-state index in [2.05, 4.69) is 20.3 Å². The molecule has 0 aliphatic carbocycles. The molecule has 0 bridgehead atoms. The summed E-state index contributed by atoms with van der Waals surface area (Å²) in [5, 5.41) is 21.2. The molecule has 4 rings (SSSR count). The summed E-state index contributed by atoms with van der Waals surface area (Å²) >= 11 is 0. The van der Waals surface area contributed by atoms with Gasteiger partial charge in [-0.3, -0.25) is 9.69 Å². The molecule has 0 fully saturated rings. The molecule has 262 valence electrons. The Bertz CT molecular complexity index is 1710. The highest BCUT2D eigenvalue weighted by molar-refractivity contribution is 5.90. The number of carbonyl (C=O) groups is 2. The van der Waals surface area contributed by atoms with Gasteiger partial charge in [0, 0.05) is 19.6 Å². The Morgan fingerprint density at radius 3 is 2.47 bits per heavy atom. The van der Waals surface area contributed by atoms with Gasteiger partial charge >= 0.3 is 24.4 Å². The van der Waals surface area contributed by atoms with Crippen LogP contribution in [0, 0.1) is 11.3 Å². The summed E-state index contributed by atoms with van der Waals surface area (Å²) in [5.74, 6) is -1.27. The SMILES string of the molecule is CC[C@@H]1C[C@H](Nc2ncc(OCCOC)c(Cc3cc(C#N)cc(C(F)(F)F)c3)n2)c2nc(C(F)(F)F)ccc2N1C(=O)OCCC(=O)O. The Morgan fingerprint density at radius 1 is 1.08 bits per heavy atom. The number of nitrogens with one attached hydrogen (secondary N) is 1. The Hall–Kier alpha value is -5.18. The summed E-state index contributed by atoms with van der Waals surface area (Å²) in [6.07, 6.45) is -9.73. The predicted octanol–water partition coefficient (Wildman–Crippen LogP) is 6.15. The molecule has 0 radical (unpaired) electrons. The topological polar surface area (TPSA) is 160 Å². The number of ether oxygens (including phenoxy) is 3. The summed E-state index contributed by atoms with van der Waals surface area (Å²) in [4.78, 5) is 37.6. The number of pyridine rings is 1. The van der Waals surface area contributed by atoms with Gasteiger partial charge in [-0.15, -0.1) is 0 Å². The van der Waals surface area contributed by atoms with Crippen LogP contribution in [-0.4, -0.2) is 65.1 Å². The average Bonchev–Trinajstić information content (AvgIpc) is 3.04. The number of anilines is 2. The number of alkyl halides is 6. The quantitative estimate of drug-likeness (QED) is 0.165. The number of hydrogen-bond donors (Lipinski definition) is 2. The predicted molar refractivity (Wildman–Crippen MR) is 159 cm³/mol. The van der Waals surface area contributed by atoms with Gasteiger partial charge in [-0.25, -0.2) is 19.7 Å². The van der Waals surface area contributed by atoms with Gasteiger partial charge in [0.2, 0.25) is 5.95 Å². The summed E-state index contributed by atoms with van der Waals surface area (Å²) in [5.41, 5.74) is -2.56. The first-order valence-corrected chi connectivity index (χ1v) is 14.8. The minimum absolute atomic E-state index is 0.00418. The number of aromatic nitrogens is 3. The summed E-state index contributed by atoms with van der Waals surface area (Å²) in [7, 11) is 1.43. The third-order valence-electron chi connectivity index (χ3n) is 7.36. The Balaban J connectivity index is 1.74. The van der Waals surface area contributed by atoms with E-state index in [0.29, 0.717) is 18.6 Å². The van der Waals surface area contributed by atoms with E-state index >= 15 is 0 Å². The van der Waals surface area contributed by atoms with Crippen molar-refractivity contribution in [2.45, 2.75) is 57.0 Å². The largest absolute Gasteiger partial charge is 0.488 e. The lowest BCUT2D eigenvalue weighted by molar-refractivity contribution is -0.141. The van der Waals surface area contributed by atoms with Crippen LogP contribution in [0.2, 0.25) is 0 Å². The average molecular weight is 697 g/mol. The molecule has 1 amide bonds. The first-order chi connectivity index (χ1) is 23.1. The molecule has 18 heteroatoms. The van der Waals surface area contributed by atoms with E-state index in [1.165, 1.54) is 19.4 Å². The van der Waals surface area contributed by atoms with Gasteiger partial charge < -0.3 is 24.6 Å². The zero-order valence-electron chi connectivity index (χ0n) is 26.1. The molecule has 2 aromatic heterocycles. The highest BCUT2D eigenvalue weighted by Crippen LogP contribution is 2.41. The number of methoxy groups -OCH3 is 1. The number of fused-ring (bicyclic) bond motifs is 1. The van der Waals surface area contributed by atoms with Crippen molar-refractivity contribution in [1.29, 1.82) is 5.26 Å². The smallest absolute Gasteiger partial charge is 0.433 e. The molecule has 1 aliphatic rings. The van der Waals surface area contributed by atoms with E-state index < -0.39 is 60.8 Å². The van der Waals surface area contributed by atoms with E-state index in [-0.39, 0.29) is 66.0 Å². The Morgan fingerprint density at radius 2 is 1.84 bits per heavy atom. The normalized spacial score (nSPS) is 16.0. The Kier molecular flexibility index (Phi) is 11.5. The number of aliphatic carboxylic acids is 1. The van der Waals surface area contributed by atoms with Crippen molar-refractivity contribution < 1.29 is 55.2 Å². The maximum atomic E-state index is 13.8. The van der Waals surface area contributed by atoms with E-state index in [1.807, 2.05) is 0 Å². The molecule has 1 aliphatic heterocycles. The number of halogens is 6. The van der Waals surface area contributed by atoms with Crippen LogP contribution in [0.25, 0.3) is 0 Å². The highest BCUT2D eigenvalue weighted by atomic mass is 19.4. The van der Waals surface area contributed by atoms with Gasteiger partial charge in [0.1, 0.15) is 18.9 Å². The van der Waals surface area contributed by atoms with Gasteiger partial charge in [0.05, 0.1) is 59.5 Å². The first kappa shape index (κ1) is 36.7. The van der Waals surface area contributed by atoms with Crippen molar-refractivity contribution in [3.8, 4) is 11.8 Å². The molecule has 1 aromatic carbocycles. The zero-order chi connectivity index (χ0) is 35.9. The summed E-state index contributed by atoms with van der Waals surface area (Å²) in [6, 6.07) is 4.67. The van der Waals surface area contributed by atoms with E-state index in [9.17, 15) is 41.2 Å². The lowest BCUT2D eigenvalue weighted by Gasteiger charge is -2.39. The molecule has 0 saturated carbocycles. The lowest BCUT2D eigenvalue weighted by Crippen LogP contribution is -2.46. The maximum absolute atomic E-state index is 13.8. The molecular formula is C31H30F6N6O6. The number of carboxylic acids is 1. The number of carbonyl (C=O) groups excluding carboxylic acids is 1. The lowest BCUT2D eigenvalue weighted by atomic mass is 9.93. The highest BCUT2D eigenvalue weighted by Gasteiger charge is 2.41. The van der Waals surface area contributed by atoms with Crippen LogP contribution < -0.4 is 15.0 Å². The second-order valence-corrected chi connectivity index (χ2v) is 10.8. The minimum atomic E-state index is -4.84. The van der Waals surface area contributed by atoms with Crippen molar-refractivity contribution in [3.63, 3.8) is 0 Å². The monoisotopic (exact) mass is 696 g/mol. The molecule has 3 aromatic rings. The molecule has 2 N–H and O–H groups in total. The van der Waals surface area contributed by atoms with Gasteiger partial charge in [-0.2, -0.15) is 31.6 Å². The fourth-order valence-electron chi connectivity index (χ4n) is 5.12. The number of nitriles is 1. The van der Waals surface area contributed by atoms with Gasteiger partial charge in [-0.05, 0) is 48.7 Å². The molecule has 0 spiro atoms. The third kappa shape index (κ3) is 9.25. The number of amides is 1. The molecule has 49 heavy (non-hydrogen) atoms. The van der Waals surface area contributed by atoms with Crippen molar-refractivity contribution in [1.82, 2.24) is 15.0 Å². The zero-order valence-corrected chi connectivity index (χ0v) is 26.1. The van der Waals surface area contributed by atoms with E-state index in [1.54, 1.807) is 13.0 Å². The fourth-order valence-corrected chi connectivity index (χ4v) is 5.12. The van der Waals surface area contributed by atoms with E-state index in [4.69, 9.17) is 19.3 Å². The van der Waals surface area contributed by atoms with Crippen LogP contribution in [0.3, 0.4) is 0 Å². The van der Waals surface area contributed by atoms with Crippen molar-refractivity contribution in [2.75, 3.05) is 37.1 Å². The second-order valence-electron chi connectivity index (χ2n) is 10.8. The number of carboxylic acid groups (broad SMARTS) is 1. The van der Waals surface area contributed by atoms with Crippen LogP contribution >= 0.6 is 0 Å². The van der Waals surface area contributed by atoms with Crippen LogP contribution in [0.1, 0.15) is 66.0 Å². The van der Waals surface area contributed by atoms with Crippen LogP contribution in [-0.2, 0) is 33.0 Å². The Labute approximate surface area is 275 Å². The number of nitrogens with zero attached hydrogens (tertiary/aromatic N) is 5. The molecule has 2 atom stereocenters. The van der Waals surface area contributed by atoms with Crippen molar-refractivity contribution >= 4 is 23.7 Å². The molecule has 3 heterocycles. The third-order valence-corrected chi connectivity index (χ3v) is 7.36. The van der Waals surface area contributed by atoms with Crippen molar-refractivity contribution in [2.24, 2.45) is 0 Å². The summed E-state index contributed by atoms with van der Waals surface area (Å²) < 4.78 is 97.8. The standard InChI is InChI=1S/C31H30F6N6O6/c1-3-20-14-22(27-23(4-5-25(42-27)31(35,36)37)43(20)29(46)49-7-6-26(44)45)41-28-39-16-24(48-9-8-47-2)21(40-28)13-17-10-18(15-38)12-19(11-17)30(32,33)34/h4-5,10-12,16,20,22H,3,6-9,13-14H2,1-2H3,(H,44,45)(H,39,40,41)/t20-,22+/m1/s1. The van der Waals surface area contributed by atoms with Crippen LogP contribution in [0.4, 0.5) is 42.8 Å². The first-order valence-electron chi connectivity index (χ1n) is 14.8. The number of rotatable bonds is 12. The van der Waals surface area contributed by atoms with Crippen LogP contribution in [0.15, 0.2) is 36.5 Å². The molecule has 0 unspecified atom stereocenters. The number of benzene rings is 1.